The molecule has 1 aliphatic carbocycles. The van der Waals surface area contributed by atoms with Gasteiger partial charge in [0.2, 0.25) is 17.7 Å². The van der Waals surface area contributed by atoms with Crippen molar-refractivity contribution in [3.63, 3.8) is 0 Å². The molecule has 0 radical (unpaired) electrons. The van der Waals surface area contributed by atoms with Gasteiger partial charge in [-0.15, -0.1) is 0 Å². The number of likely N-dealkylation sites (N-methyl/N-ethyl adjacent to an activating group) is 1. The molecule has 2 unspecified atom stereocenters. The van der Waals surface area contributed by atoms with E-state index in [0.717, 1.165) is 12.0 Å². The molecule has 40 heavy (non-hydrogen) atoms. The molecule has 3 aromatic rings. The van der Waals surface area contributed by atoms with Crippen molar-refractivity contribution in [1.29, 1.82) is 0 Å². The molecular weight excluding hydrogens is 533 g/mol. The van der Waals surface area contributed by atoms with Gasteiger partial charge in [0, 0.05) is 36.0 Å². The van der Waals surface area contributed by atoms with Gasteiger partial charge in [0.25, 0.3) is 0 Å². The third-order valence-electron chi connectivity index (χ3n) is 7.10. The molecule has 9 heteroatoms. The number of rotatable bonds is 9. The summed E-state index contributed by atoms with van der Waals surface area (Å²) in [5, 5.41) is 9.04. The van der Waals surface area contributed by atoms with Crippen LogP contribution in [0.15, 0.2) is 72.8 Å². The minimum atomic E-state index is -0.719. The summed E-state index contributed by atoms with van der Waals surface area (Å²) in [4.78, 5) is 38.6. The highest BCUT2D eigenvalue weighted by molar-refractivity contribution is 6.30. The number of hydrogen-bond donors (Lipinski definition) is 3. The molecule has 0 heterocycles. The molecule has 3 N–H and O–H groups in total. The van der Waals surface area contributed by atoms with Crippen LogP contribution in [0.25, 0.3) is 0 Å². The molecule has 3 amide bonds. The Morgan fingerprint density at radius 3 is 2.30 bits per heavy atom. The fourth-order valence-electron chi connectivity index (χ4n) is 4.90. The van der Waals surface area contributed by atoms with E-state index in [0.29, 0.717) is 48.6 Å². The van der Waals surface area contributed by atoms with Crippen LogP contribution in [-0.4, -0.2) is 30.8 Å². The minimum absolute atomic E-state index is 0.104. The van der Waals surface area contributed by atoms with Gasteiger partial charge in [0.15, 0.2) is 11.6 Å². The summed E-state index contributed by atoms with van der Waals surface area (Å²) in [6, 6.07) is 19.4. The van der Waals surface area contributed by atoms with Gasteiger partial charge >= 0.3 is 0 Å². The molecule has 0 aromatic heterocycles. The zero-order valence-corrected chi connectivity index (χ0v) is 23.0. The Hall–Kier alpha value is -3.91. The number of ether oxygens (including phenoxy) is 1. The van der Waals surface area contributed by atoms with E-state index in [2.05, 4.69) is 16.0 Å². The molecule has 0 bridgehead atoms. The van der Waals surface area contributed by atoms with Crippen molar-refractivity contribution in [3.8, 4) is 11.5 Å². The van der Waals surface area contributed by atoms with Crippen LogP contribution in [0.3, 0.4) is 0 Å². The lowest BCUT2D eigenvalue weighted by atomic mass is 9.96. The summed E-state index contributed by atoms with van der Waals surface area (Å²) in [5.74, 6) is -0.933. The smallest absolute Gasteiger partial charge is 0.242 e. The molecular formula is C31H33ClFN3O4. The molecule has 0 aliphatic heterocycles. The number of hydrogen-bond acceptors (Lipinski definition) is 4. The predicted molar refractivity (Wildman–Crippen MR) is 153 cm³/mol. The summed E-state index contributed by atoms with van der Waals surface area (Å²) < 4.78 is 19.4. The normalized spacial score (nSPS) is 17.7. The van der Waals surface area contributed by atoms with Gasteiger partial charge < -0.3 is 20.7 Å². The number of para-hydroxylation sites is 1. The summed E-state index contributed by atoms with van der Waals surface area (Å²) in [6.07, 6.45) is 3.49. The third-order valence-corrected chi connectivity index (χ3v) is 7.34. The average molecular weight is 566 g/mol. The van der Waals surface area contributed by atoms with E-state index in [4.69, 9.17) is 16.3 Å². The standard InChI is InChI=1S/C31H33ClFN3O4/c1-34-31(39)27(19-20-6-4-9-23(32)18-20)36-30(38)22-8-5-7-21(12-13-22)29(37)35-24-14-16-25(17-15-24)40-28-11-3-2-10-26(28)33/h2-4,6,9-11,14-18,21-22,27H,5,7-8,12-13,19H2,1H3,(H,34,39)(H,35,37)(H,36,38)/t21?,22?,27-/m1/s1. The number of halogens is 2. The van der Waals surface area contributed by atoms with Crippen LogP contribution < -0.4 is 20.7 Å². The Morgan fingerprint density at radius 1 is 0.925 bits per heavy atom. The third kappa shape index (κ3) is 8.05. The first-order valence-electron chi connectivity index (χ1n) is 13.4. The number of carbonyl (C=O) groups is 3. The first-order valence-corrected chi connectivity index (χ1v) is 13.8. The molecule has 1 aliphatic rings. The fourth-order valence-corrected chi connectivity index (χ4v) is 5.12. The molecule has 0 spiro atoms. The van der Waals surface area contributed by atoms with Crippen LogP contribution in [0, 0.1) is 17.7 Å². The van der Waals surface area contributed by atoms with Crippen molar-refractivity contribution in [1.82, 2.24) is 10.6 Å². The highest BCUT2D eigenvalue weighted by atomic mass is 35.5. The molecule has 1 fully saturated rings. The van der Waals surface area contributed by atoms with Crippen molar-refractivity contribution < 1.29 is 23.5 Å². The van der Waals surface area contributed by atoms with Crippen LogP contribution in [0.1, 0.15) is 37.7 Å². The van der Waals surface area contributed by atoms with E-state index >= 15 is 0 Å². The minimum Gasteiger partial charge on any atom is -0.454 e. The lowest BCUT2D eigenvalue weighted by Gasteiger charge is -2.21. The molecule has 1 saturated carbocycles. The van der Waals surface area contributed by atoms with E-state index in [9.17, 15) is 18.8 Å². The van der Waals surface area contributed by atoms with Crippen LogP contribution in [-0.2, 0) is 20.8 Å². The maximum atomic E-state index is 13.8. The summed E-state index contributed by atoms with van der Waals surface area (Å²) in [5.41, 5.74) is 1.46. The maximum Gasteiger partial charge on any atom is 0.242 e. The van der Waals surface area contributed by atoms with Gasteiger partial charge in [-0.3, -0.25) is 14.4 Å². The summed E-state index contributed by atoms with van der Waals surface area (Å²) in [7, 11) is 1.54. The molecule has 0 saturated heterocycles. The van der Waals surface area contributed by atoms with Crippen molar-refractivity contribution in [3.05, 3.63) is 89.2 Å². The van der Waals surface area contributed by atoms with Crippen molar-refractivity contribution >= 4 is 35.0 Å². The summed E-state index contributed by atoms with van der Waals surface area (Å²) >= 11 is 6.08. The molecule has 7 nitrogen and oxygen atoms in total. The highest BCUT2D eigenvalue weighted by Gasteiger charge is 2.30. The van der Waals surface area contributed by atoms with Crippen LogP contribution in [0.2, 0.25) is 5.02 Å². The second kappa shape index (κ2) is 13.9. The van der Waals surface area contributed by atoms with Gasteiger partial charge in [-0.2, -0.15) is 0 Å². The summed E-state index contributed by atoms with van der Waals surface area (Å²) in [6.45, 7) is 0. The van der Waals surface area contributed by atoms with Crippen LogP contribution in [0.5, 0.6) is 11.5 Å². The Kier molecular flexibility index (Phi) is 10.1. The van der Waals surface area contributed by atoms with Crippen molar-refractivity contribution in [2.24, 2.45) is 11.8 Å². The molecule has 4 rings (SSSR count). The van der Waals surface area contributed by atoms with Gasteiger partial charge in [-0.25, -0.2) is 4.39 Å². The number of nitrogens with one attached hydrogen (secondary N) is 3. The lowest BCUT2D eigenvalue weighted by Crippen LogP contribution is -2.48. The monoisotopic (exact) mass is 565 g/mol. The van der Waals surface area contributed by atoms with Crippen molar-refractivity contribution in [2.75, 3.05) is 12.4 Å². The second-order valence-electron chi connectivity index (χ2n) is 9.96. The number of anilines is 1. The van der Waals surface area contributed by atoms with Gasteiger partial charge in [-0.05, 0) is 79.8 Å². The number of amides is 3. The molecule has 3 atom stereocenters. The zero-order chi connectivity index (χ0) is 28.5. The van der Waals surface area contributed by atoms with Gasteiger partial charge in [-0.1, -0.05) is 42.3 Å². The van der Waals surface area contributed by atoms with Crippen LogP contribution >= 0.6 is 11.6 Å². The zero-order valence-electron chi connectivity index (χ0n) is 22.3. The van der Waals surface area contributed by atoms with Crippen LogP contribution in [0.4, 0.5) is 10.1 Å². The van der Waals surface area contributed by atoms with E-state index < -0.39 is 11.9 Å². The average Bonchev–Trinajstić information content (AvgIpc) is 3.21. The first kappa shape index (κ1) is 29.1. The maximum absolute atomic E-state index is 13.8. The number of carbonyl (C=O) groups excluding carboxylic acids is 3. The second-order valence-corrected chi connectivity index (χ2v) is 10.4. The Morgan fingerprint density at radius 2 is 1.62 bits per heavy atom. The fraction of sp³-hybridized carbons (Fsp3) is 0.323. The van der Waals surface area contributed by atoms with Gasteiger partial charge in [0.1, 0.15) is 11.8 Å². The van der Waals surface area contributed by atoms with E-state index in [1.807, 2.05) is 12.1 Å². The Bertz CT molecular complexity index is 1330. The van der Waals surface area contributed by atoms with E-state index in [1.54, 1.807) is 54.6 Å². The number of benzene rings is 3. The highest BCUT2D eigenvalue weighted by Crippen LogP contribution is 2.30. The molecule has 210 valence electrons. The lowest BCUT2D eigenvalue weighted by molar-refractivity contribution is -0.131. The largest absolute Gasteiger partial charge is 0.454 e. The van der Waals surface area contributed by atoms with E-state index in [1.165, 1.54) is 13.1 Å². The topological polar surface area (TPSA) is 96.5 Å². The Balaban J connectivity index is 1.29. The predicted octanol–water partition coefficient (Wildman–Crippen LogP) is 5.88. The van der Waals surface area contributed by atoms with E-state index in [-0.39, 0.29) is 35.3 Å². The molecule has 3 aromatic carbocycles. The van der Waals surface area contributed by atoms with Gasteiger partial charge in [0.05, 0.1) is 0 Å². The SMILES string of the molecule is CNC(=O)[C@@H](Cc1cccc(Cl)c1)NC(=O)C1CCCC(C(=O)Nc2ccc(Oc3ccccc3F)cc2)CC1. The Labute approximate surface area is 238 Å². The quantitative estimate of drug-likeness (QED) is 0.282. The first-order chi connectivity index (χ1) is 19.3. The van der Waals surface area contributed by atoms with Crippen molar-refractivity contribution in [2.45, 2.75) is 44.6 Å².